The number of benzene rings is 2. The molecule has 2 rings (SSSR count). The zero-order valence-corrected chi connectivity index (χ0v) is 12.7. The van der Waals surface area contributed by atoms with E-state index in [0.29, 0.717) is 23.8 Å². The first-order chi connectivity index (χ1) is 10.2. The normalized spacial score (nSPS) is 10.2. The number of nitrogens with one attached hydrogen (secondary N) is 1. The van der Waals surface area contributed by atoms with Crippen molar-refractivity contribution in [3.8, 4) is 5.75 Å². The van der Waals surface area contributed by atoms with Gasteiger partial charge in [0.2, 0.25) is 0 Å². The van der Waals surface area contributed by atoms with Gasteiger partial charge in [0.1, 0.15) is 5.75 Å². The molecule has 2 aromatic rings. The summed E-state index contributed by atoms with van der Waals surface area (Å²) in [5, 5.41) is 2.88. The smallest absolute Gasteiger partial charge is 0.255 e. The topological polar surface area (TPSA) is 38.3 Å². The Morgan fingerprint density at radius 2 is 2.00 bits per heavy atom. The van der Waals surface area contributed by atoms with Gasteiger partial charge in [-0.1, -0.05) is 31.2 Å². The summed E-state index contributed by atoms with van der Waals surface area (Å²) < 4.78 is 5.54. The van der Waals surface area contributed by atoms with Crippen molar-refractivity contribution >= 4 is 23.2 Å². The molecule has 0 aliphatic rings. The van der Waals surface area contributed by atoms with Gasteiger partial charge in [-0.05, 0) is 36.2 Å². The average Bonchev–Trinajstić information content (AvgIpc) is 2.53. The summed E-state index contributed by atoms with van der Waals surface area (Å²) in [5.74, 6) is 0.889. The zero-order valence-electron chi connectivity index (χ0n) is 11.9. The number of para-hydroxylation sites is 1. The first-order valence-corrected chi connectivity index (χ1v) is 7.46. The number of carbonyl (C=O) groups is 1. The molecule has 0 aromatic heterocycles. The van der Waals surface area contributed by atoms with E-state index in [1.807, 2.05) is 43.3 Å². The number of rotatable bonds is 6. The van der Waals surface area contributed by atoms with Gasteiger partial charge >= 0.3 is 0 Å². The molecule has 0 aliphatic carbocycles. The highest BCUT2D eigenvalue weighted by atomic mass is 35.5. The third-order valence-electron chi connectivity index (χ3n) is 2.98. The molecule has 0 heterocycles. The second-order valence-corrected chi connectivity index (χ2v) is 4.89. The lowest BCUT2D eigenvalue weighted by molar-refractivity contribution is 0.102. The van der Waals surface area contributed by atoms with Crippen LogP contribution in [0.5, 0.6) is 5.75 Å². The van der Waals surface area contributed by atoms with Crippen molar-refractivity contribution in [2.75, 3.05) is 11.9 Å². The minimum absolute atomic E-state index is 0.172. The summed E-state index contributed by atoms with van der Waals surface area (Å²) in [6.45, 7) is 2.68. The van der Waals surface area contributed by atoms with Crippen molar-refractivity contribution in [3.05, 3.63) is 59.7 Å². The molecule has 0 fully saturated rings. The summed E-state index contributed by atoms with van der Waals surface area (Å²) in [4.78, 5) is 12.3. The molecule has 0 spiro atoms. The fourth-order valence-electron chi connectivity index (χ4n) is 1.90. The van der Waals surface area contributed by atoms with Crippen LogP contribution >= 0.6 is 11.6 Å². The van der Waals surface area contributed by atoms with Crippen LogP contribution in [0.4, 0.5) is 5.69 Å². The molecule has 3 nitrogen and oxygen atoms in total. The maximum atomic E-state index is 12.3. The van der Waals surface area contributed by atoms with E-state index in [9.17, 15) is 4.79 Å². The Kier molecular flexibility index (Phi) is 5.64. The number of ether oxygens (including phenoxy) is 1. The highest BCUT2D eigenvalue weighted by Gasteiger charge is 2.09. The van der Waals surface area contributed by atoms with Gasteiger partial charge < -0.3 is 10.1 Å². The summed E-state index contributed by atoms with van der Waals surface area (Å²) in [6, 6.07) is 14.7. The highest BCUT2D eigenvalue weighted by Crippen LogP contribution is 2.19. The van der Waals surface area contributed by atoms with E-state index in [1.165, 1.54) is 0 Å². The molecule has 0 radical (unpaired) electrons. The molecule has 0 saturated carbocycles. The van der Waals surface area contributed by atoms with E-state index in [2.05, 4.69) is 5.32 Å². The lowest BCUT2D eigenvalue weighted by Gasteiger charge is -2.10. The molecule has 2 aromatic carbocycles. The average molecular weight is 304 g/mol. The van der Waals surface area contributed by atoms with Gasteiger partial charge in [-0.15, -0.1) is 11.6 Å². The Labute approximate surface area is 129 Å². The molecule has 1 amide bonds. The van der Waals surface area contributed by atoms with Gasteiger partial charge in [0.15, 0.2) is 0 Å². The third-order valence-corrected chi connectivity index (χ3v) is 3.27. The second-order valence-electron chi connectivity index (χ2n) is 4.62. The predicted molar refractivity (Wildman–Crippen MR) is 86.2 cm³/mol. The van der Waals surface area contributed by atoms with Crippen LogP contribution in [-0.4, -0.2) is 12.5 Å². The Morgan fingerprint density at radius 1 is 1.19 bits per heavy atom. The molecular weight excluding hydrogens is 286 g/mol. The highest BCUT2D eigenvalue weighted by molar-refractivity contribution is 6.17. The van der Waals surface area contributed by atoms with Crippen molar-refractivity contribution in [1.82, 2.24) is 0 Å². The molecule has 1 N–H and O–H groups in total. The standard InChI is InChI=1S/C17H18ClNO2/c1-2-10-21-15-8-5-7-13(11-15)17(20)19-16-9-4-3-6-14(16)12-18/h3-9,11H,2,10,12H2,1H3,(H,19,20). The summed E-state index contributed by atoms with van der Waals surface area (Å²) in [5.41, 5.74) is 2.19. The van der Waals surface area contributed by atoms with E-state index >= 15 is 0 Å². The maximum absolute atomic E-state index is 12.3. The van der Waals surface area contributed by atoms with Crippen LogP contribution in [0.15, 0.2) is 48.5 Å². The lowest BCUT2D eigenvalue weighted by Crippen LogP contribution is -2.13. The van der Waals surface area contributed by atoms with Crippen molar-refractivity contribution in [3.63, 3.8) is 0 Å². The van der Waals surface area contributed by atoms with Crippen LogP contribution in [0, 0.1) is 0 Å². The van der Waals surface area contributed by atoms with Crippen LogP contribution in [0.2, 0.25) is 0 Å². The van der Waals surface area contributed by atoms with Crippen molar-refractivity contribution in [2.24, 2.45) is 0 Å². The fourth-order valence-corrected chi connectivity index (χ4v) is 2.13. The molecule has 0 atom stereocenters. The number of anilines is 1. The molecule has 4 heteroatoms. The first-order valence-electron chi connectivity index (χ1n) is 6.92. The van der Waals surface area contributed by atoms with Gasteiger partial charge in [0.25, 0.3) is 5.91 Å². The minimum Gasteiger partial charge on any atom is -0.494 e. The minimum atomic E-state index is -0.172. The van der Waals surface area contributed by atoms with Gasteiger partial charge in [0, 0.05) is 17.1 Å². The maximum Gasteiger partial charge on any atom is 0.255 e. The molecule has 0 bridgehead atoms. The van der Waals surface area contributed by atoms with Crippen molar-refractivity contribution < 1.29 is 9.53 Å². The number of carbonyl (C=O) groups excluding carboxylic acids is 1. The Balaban J connectivity index is 2.13. The quantitative estimate of drug-likeness (QED) is 0.800. The summed E-state index contributed by atoms with van der Waals surface area (Å²) in [7, 11) is 0. The SMILES string of the molecule is CCCOc1cccc(C(=O)Nc2ccccc2CCl)c1. The van der Waals surface area contributed by atoms with E-state index < -0.39 is 0 Å². The molecular formula is C17H18ClNO2. The van der Waals surface area contributed by atoms with Gasteiger partial charge in [-0.3, -0.25) is 4.79 Å². The van der Waals surface area contributed by atoms with Crippen molar-refractivity contribution in [1.29, 1.82) is 0 Å². The molecule has 21 heavy (non-hydrogen) atoms. The Morgan fingerprint density at radius 3 is 2.76 bits per heavy atom. The van der Waals surface area contributed by atoms with Crippen molar-refractivity contribution in [2.45, 2.75) is 19.2 Å². The van der Waals surface area contributed by atoms with Crippen LogP contribution < -0.4 is 10.1 Å². The molecule has 110 valence electrons. The van der Waals surface area contributed by atoms with E-state index in [0.717, 1.165) is 17.7 Å². The monoisotopic (exact) mass is 303 g/mol. The summed E-state index contributed by atoms with van der Waals surface area (Å²) >= 11 is 5.87. The zero-order chi connectivity index (χ0) is 15.1. The molecule has 0 unspecified atom stereocenters. The number of hydrogen-bond donors (Lipinski definition) is 1. The largest absolute Gasteiger partial charge is 0.494 e. The second kappa shape index (κ2) is 7.70. The molecule has 0 saturated heterocycles. The molecule has 0 aliphatic heterocycles. The van der Waals surface area contributed by atoms with Crippen LogP contribution in [-0.2, 0) is 5.88 Å². The van der Waals surface area contributed by atoms with Gasteiger partial charge in [-0.25, -0.2) is 0 Å². The number of alkyl halides is 1. The van der Waals surface area contributed by atoms with E-state index in [1.54, 1.807) is 12.1 Å². The first kappa shape index (κ1) is 15.4. The lowest BCUT2D eigenvalue weighted by atomic mass is 10.1. The van der Waals surface area contributed by atoms with Crippen LogP contribution in [0.1, 0.15) is 29.3 Å². The van der Waals surface area contributed by atoms with Gasteiger partial charge in [-0.2, -0.15) is 0 Å². The third kappa shape index (κ3) is 4.23. The van der Waals surface area contributed by atoms with E-state index in [4.69, 9.17) is 16.3 Å². The Hall–Kier alpha value is -2.00. The Bertz CT molecular complexity index is 613. The number of halogens is 1. The van der Waals surface area contributed by atoms with Crippen LogP contribution in [0.3, 0.4) is 0 Å². The fraction of sp³-hybridized carbons (Fsp3) is 0.235. The van der Waals surface area contributed by atoms with E-state index in [-0.39, 0.29) is 5.91 Å². The summed E-state index contributed by atoms with van der Waals surface area (Å²) in [6.07, 6.45) is 0.930. The number of hydrogen-bond acceptors (Lipinski definition) is 2. The number of amides is 1. The van der Waals surface area contributed by atoms with Crippen LogP contribution in [0.25, 0.3) is 0 Å². The van der Waals surface area contributed by atoms with Gasteiger partial charge in [0.05, 0.1) is 6.61 Å². The predicted octanol–water partition coefficient (Wildman–Crippen LogP) is 4.47.